The largest absolute Gasteiger partial charge is 0.378 e. The monoisotopic (exact) mass is 368 g/mol. The van der Waals surface area contributed by atoms with E-state index in [1.165, 1.54) is 17.7 Å². The van der Waals surface area contributed by atoms with Gasteiger partial charge in [-0.25, -0.2) is 4.39 Å². The number of rotatable bonds is 6. The van der Waals surface area contributed by atoms with Crippen LogP contribution in [-0.2, 0) is 16.6 Å². The number of nitrogens with zero attached hydrogens (tertiary/aromatic N) is 1. The molecule has 1 fully saturated rings. The first-order valence-corrected chi connectivity index (χ1v) is 9.74. The van der Waals surface area contributed by atoms with Crippen LogP contribution in [0.5, 0.6) is 0 Å². The number of hydrogen-bond acceptors (Lipinski definition) is 2. The molecule has 1 saturated carbocycles. The van der Waals surface area contributed by atoms with Gasteiger partial charge in [0.15, 0.2) is 0 Å². The molecule has 2 aromatic rings. The van der Waals surface area contributed by atoms with Crippen LogP contribution in [0.3, 0.4) is 0 Å². The summed E-state index contributed by atoms with van der Waals surface area (Å²) in [6.07, 6.45) is 4.51. The van der Waals surface area contributed by atoms with Gasteiger partial charge >= 0.3 is 0 Å². The zero-order valence-electron chi connectivity index (χ0n) is 16.5. The lowest BCUT2D eigenvalue weighted by Crippen LogP contribution is -2.46. The van der Waals surface area contributed by atoms with Gasteiger partial charge in [0.1, 0.15) is 5.82 Å². The molecule has 1 N–H and O–H groups in total. The third-order valence-corrected chi connectivity index (χ3v) is 5.66. The molecule has 0 bridgehead atoms. The number of carbonyl (C=O) groups excluding carboxylic acids is 1. The van der Waals surface area contributed by atoms with Crippen molar-refractivity contribution in [1.29, 1.82) is 0 Å². The predicted octanol–water partition coefficient (Wildman–Crippen LogP) is 4.45. The fourth-order valence-electron chi connectivity index (χ4n) is 4.09. The summed E-state index contributed by atoms with van der Waals surface area (Å²) in [5.41, 5.74) is 2.78. The standard InChI is InChI=1S/C23H29FN2O/c1-17(16-18-6-12-21(13-7-18)26(2)3)25-22(27)23(14-4-5-15-23)19-8-10-20(24)11-9-19/h6-13,17H,4-5,14-16H2,1-3H3,(H,25,27). The Morgan fingerprint density at radius 1 is 1.07 bits per heavy atom. The van der Waals surface area contributed by atoms with Gasteiger partial charge in [-0.3, -0.25) is 4.79 Å². The Balaban J connectivity index is 1.69. The van der Waals surface area contributed by atoms with Crippen LogP contribution in [-0.4, -0.2) is 26.0 Å². The third kappa shape index (κ3) is 4.32. The van der Waals surface area contributed by atoms with E-state index in [1.54, 1.807) is 12.1 Å². The predicted molar refractivity (Wildman–Crippen MR) is 109 cm³/mol. The van der Waals surface area contributed by atoms with E-state index in [2.05, 4.69) is 34.5 Å². The number of amides is 1. The van der Waals surface area contributed by atoms with E-state index in [0.29, 0.717) is 0 Å². The van der Waals surface area contributed by atoms with Crippen molar-refractivity contribution in [3.05, 3.63) is 65.5 Å². The highest BCUT2D eigenvalue weighted by atomic mass is 19.1. The Labute approximate surface area is 161 Å². The van der Waals surface area contributed by atoms with Gasteiger partial charge in [0, 0.05) is 25.8 Å². The van der Waals surface area contributed by atoms with Gasteiger partial charge in [-0.2, -0.15) is 0 Å². The Kier molecular flexibility index (Phi) is 5.83. The van der Waals surface area contributed by atoms with Crippen molar-refractivity contribution >= 4 is 11.6 Å². The molecule has 0 aromatic heterocycles. The van der Waals surface area contributed by atoms with Gasteiger partial charge in [0.25, 0.3) is 0 Å². The lowest BCUT2D eigenvalue weighted by Gasteiger charge is -2.30. The highest BCUT2D eigenvalue weighted by Crippen LogP contribution is 2.41. The van der Waals surface area contributed by atoms with Gasteiger partial charge in [0.2, 0.25) is 5.91 Å². The Bertz CT molecular complexity index is 762. The van der Waals surface area contributed by atoms with Gasteiger partial charge < -0.3 is 10.2 Å². The molecule has 3 nitrogen and oxygen atoms in total. The maximum atomic E-state index is 13.3. The van der Waals surface area contributed by atoms with Crippen LogP contribution in [0.4, 0.5) is 10.1 Å². The van der Waals surface area contributed by atoms with Crippen LogP contribution in [0.15, 0.2) is 48.5 Å². The molecule has 1 atom stereocenters. The van der Waals surface area contributed by atoms with Crippen molar-refractivity contribution in [2.24, 2.45) is 0 Å². The van der Waals surface area contributed by atoms with Gasteiger partial charge in [-0.1, -0.05) is 37.1 Å². The maximum Gasteiger partial charge on any atom is 0.230 e. The molecule has 0 heterocycles. The molecule has 4 heteroatoms. The van der Waals surface area contributed by atoms with Crippen LogP contribution in [0.1, 0.15) is 43.7 Å². The molecule has 1 aliphatic rings. The van der Waals surface area contributed by atoms with Crippen molar-refractivity contribution < 1.29 is 9.18 Å². The highest BCUT2D eigenvalue weighted by Gasteiger charge is 2.42. The minimum absolute atomic E-state index is 0.0422. The van der Waals surface area contributed by atoms with Crippen LogP contribution in [0, 0.1) is 5.82 Å². The number of carbonyl (C=O) groups is 1. The quantitative estimate of drug-likeness (QED) is 0.817. The number of benzene rings is 2. The van der Waals surface area contributed by atoms with Crippen molar-refractivity contribution in [3.8, 4) is 0 Å². The van der Waals surface area contributed by atoms with Crippen LogP contribution >= 0.6 is 0 Å². The number of anilines is 1. The average molecular weight is 368 g/mol. The first kappa shape index (κ1) is 19.4. The van der Waals surface area contributed by atoms with Gasteiger partial charge in [-0.05, 0) is 61.6 Å². The van der Waals surface area contributed by atoms with Crippen molar-refractivity contribution in [1.82, 2.24) is 5.32 Å². The summed E-state index contributed by atoms with van der Waals surface area (Å²) in [4.78, 5) is 15.3. The Morgan fingerprint density at radius 3 is 2.22 bits per heavy atom. The molecule has 144 valence electrons. The average Bonchev–Trinajstić information content (AvgIpc) is 3.14. The summed E-state index contributed by atoms with van der Waals surface area (Å²) in [7, 11) is 4.04. The van der Waals surface area contributed by atoms with Gasteiger partial charge in [-0.15, -0.1) is 0 Å². The molecule has 27 heavy (non-hydrogen) atoms. The number of halogens is 1. The summed E-state index contributed by atoms with van der Waals surface area (Å²) in [5, 5.41) is 3.22. The fraction of sp³-hybridized carbons (Fsp3) is 0.435. The molecule has 1 unspecified atom stereocenters. The van der Waals surface area contributed by atoms with E-state index in [4.69, 9.17) is 0 Å². The van der Waals surface area contributed by atoms with Gasteiger partial charge in [0.05, 0.1) is 5.41 Å². The molecule has 1 amide bonds. The third-order valence-electron chi connectivity index (χ3n) is 5.66. The molecule has 1 aliphatic carbocycles. The summed E-state index contributed by atoms with van der Waals surface area (Å²) >= 11 is 0. The van der Waals surface area contributed by atoms with E-state index in [9.17, 15) is 9.18 Å². The normalized spacial score (nSPS) is 16.7. The minimum Gasteiger partial charge on any atom is -0.378 e. The zero-order valence-corrected chi connectivity index (χ0v) is 16.5. The SMILES string of the molecule is CC(Cc1ccc(N(C)C)cc1)NC(=O)C1(c2ccc(F)cc2)CCCC1. The smallest absolute Gasteiger partial charge is 0.230 e. The van der Waals surface area contributed by atoms with Crippen LogP contribution in [0.2, 0.25) is 0 Å². The van der Waals surface area contributed by atoms with E-state index in [0.717, 1.165) is 43.4 Å². The van der Waals surface area contributed by atoms with E-state index in [1.807, 2.05) is 21.0 Å². The second-order valence-corrected chi connectivity index (χ2v) is 7.94. The number of hydrogen-bond donors (Lipinski definition) is 1. The van der Waals surface area contributed by atoms with E-state index < -0.39 is 5.41 Å². The molecule has 0 aliphatic heterocycles. The second-order valence-electron chi connectivity index (χ2n) is 7.94. The number of nitrogens with one attached hydrogen (secondary N) is 1. The second kappa shape index (κ2) is 8.12. The molecule has 0 radical (unpaired) electrons. The van der Waals surface area contributed by atoms with E-state index in [-0.39, 0.29) is 17.8 Å². The minimum atomic E-state index is -0.517. The molecular weight excluding hydrogens is 339 g/mol. The first-order valence-electron chi connectivity index (χ1n) is 9.74. The molecule has 2 aromatic carbocycles. The lowest BCUT2D eigenvalue weighted by molar-refractivity contribution is -0.127. The summed E-state index contributed by atoms with van der Waals surface area (Å²) in [6.45, 7) is 2.05. The molecule has 3 rings (SSSR count). The Morgan fingerprint density at radius 2 is 1.67 bits per heavy atom. The maximum absolute atomic E-state index is 13.3. The zero-order chi connectivity index (χ0) is 19.4. The highest BCUT2D eigenvalue weighted by molar-refractivity contribution is 5.88. The fourth-order valence-corrected chi connectivity index (χ4v) is 4.09. The molecule has 0 spiro atoms. The van der Waals surface area contributed by atoms with Crippen molar-refractivity contribution in [2.75, 3.05) is 19.0 Å². The van der Waals surface area contributed by atoms with Crippen molar-refractivity contribution in [2.45, 2.75) is 50.5 Å². The molecular formula is C23H29FN2O. The summed E-state index contributed by atoms with van der Waals surface area (Å²) in [5.74, 6) is -0.189. The lowest BCUT2D eigenvalue weighted by atomic mass is 9.77. The van der Waals surface area contributed by atoms with Crippen LogP contribution < -0.4 is 10.2 Å². The summed E-state index contributed by atoms with van der Waals surface area (Å²) < 4.78 is 13.3. The van der Waals surface area contributed by atoms with Crippen LogP contribution in [0.25, 0.3) is 0 Å². The first-order chi connectivity index (χ1) is 12.9. The Hall–Kier alpha value is -2.36. The van der Waals surface area contributed by atoms with E-state index >= 15 is 0 Å². The van der Waals surface area contributed by atoms with Crippen molar-refractivity contribution in [3.63, 3.8) is 0 Å². The summed E-state index contributed by atoms with van der Waals surface area (Å²) in [6, 6.07) is 14.9. The topological polar surface area (TPSA) is 32.3 Å². The molecule has 0 saturated heterocycles.